The molecule has 0 radical (unpaired) electrons. The highest BCUT2D eigenvalue weighted by Crippen LogP contribution is 2.28. The highest BCUT2D eigenvalue weighted by molar-refractivity contribution is 5.94. The summed E-state index contributed by atoms with van der Waals surface area (Å²) in [5, 5.41) is 1.06. The van der Waals surface area contributed by atoms with Gasteiger partial charge in [0.25, 0.3) is 5.91 Å². The summed E-state index contributed by atoms with van der Waals surface area (Å²) >= 11 is 0. The zero-order chi connectivity index (χ0) is 20.2. The van der Waals surface area contributed by atoms with Gasteiger partial charge in [0.1, 0.15) is 22.8 Å². The lowest BCUT2D eigenvalue weighted by molar-refractivity contribution is 0.0785. The number of carbonyl (C=O) groups excluding carboxylic acids is 1. The molecule has 4 rings (SSSR count). The Hall–Kier alpha value is -3.60. The lowest BCUT2D eigenvalue weighted by atomic mass is 10.1. The Balaban J connectivity index is 1.50. The Bertz CT molecular complexity index is 1120. The van der Waals surface area contributed by atoms with Crippen molar-refractivity contribution in [3.05, 3.63) is 89.9 Å². The molecule has 1 amide bonds. The van der Waals surface area contributed by atoms with Crippen LogP contribution in [0, 0.1) is 0 Å². The number of rotatable bonds is 6. The summed E-state index contributed by atoms with van der Waals surface area (Å²) in [6.07, 6.45) is 4.12. The summed E-state index contributed by atoms with van der Waals surface area (Å²) in [6.45, 7) is 2.55. The minimum Gasteiger partial charge on any atom is -0.461 e. The molecule has 2 heterocycles. The molecule has 0 unspecified atom stereocenters. The van der Waals surface area contributed by atoms with E-state index in [0.717, 1.165) is 28.7 Å². The van der Waals surface area contributed by atoms with E-state index in [1.807, 2.05) is 43.4 Å². The summed E-state index contributed by atoms with van der Waals surface area (Å²) in [6, 6.07) is 18.7. The molecule has 5 nitrogen and oxygen atoms in total. The SMILES string of the molecule is CCc1oc2ccccc2c1CN(C)C(=O)c1ccc(Oc2cccnc2)cc1. The van der Waals surface area contributed by atoms with Crippen molar-refractivity contribution < 1.29 is 13.9 Å². The van der Waals surface area contributed by atoms with Crippen LogP contribution in [0.15, 0.2) is 77.5 Å². The van der Waals surface area contributed by atoms with Crippen molar-refractivity contribution in [2.75, 3.05) is 7.05 Å². The first-order valence-electron chi connectivity index (χ1n) is 9.58. The number of hydrogen-bond donors (Lipinski definition) is 0. The Morgan fingerprint density at radius 1 is 1.03 bits per heavy atom. The molecular weight excluding hydrogens is 364 g/mol. The second kappa shape index (κ2) is 8.19. The second-order valence-corrected chi connectivity index (χ2v) is 6.83. The molecule has 0 N–H and O–H groups in total. The zero-order valence-electron chi connectivity index (χ0n) is 16.5. The van der Waals surface area contributed by atoms with Gasteiger partial charge in [-0.15, -0.1) is 0 Å². The van der Waals surface area contributed by atoms with Gasteiger partial charge in [0, 0.05) is 42.7 Å². The third-order valence-corrected chi connectivity index (χ3v) is 4.82. The summed E-state index contributed by atoms with van der Waals surface area (Å²) in [5.41, 5.74) is 2.53. The predicted molar refractivity (Wildman–Crippen MR) is 112 cm³/mol. The van der Waals surface area contributed by atoms with Crippen molar-refractivity contribution in [1.82, 2.24) is 9.88 Å². The fourth-order valence-corrected chi connectivity index (χ4v) is 3.35. The monoisotopic (exact) mass is 386 g/mol. The number of nitrogens with zero attached hydrogens (tertiary/aromatic N) is 2. The number of carbonyl (C=O) groups is 1. The summed E-state index contributed by atoms with van der Waals surface area (Å²) < 4.78 is 11.7. The second-order valence-electron chi connectivity index (χ2n) is 6.83. The molecule has 146 valence electrons. The third kappa shape index (κ3) is 3.99. The van der Waals surface area contributed by atoms with Crippen molar-refractivity contribution in [1.29, 1.82) is 0 Å². The number of furan rings is 1. The van der Waals surface area contributed by atoms with Crippen molar-refractivity contribution >= 4 is 16.9 Å². The van der Waals surface area contributed by atoms with E-state index < -0.39 is 0 Å². The van der Waals surface area contributed by atoms with Crippen LogP contribution < -0.4 is 4.74 Å². The summed E-state index contributed by atoms with van der Waals surface area (Å²) in [5.74, 6) is 2.19. The maximum absolute atomic E-state index is 12.9. The Morgan fingerprint density at radius 3 is 2.55 bits per heavy atom. The first kappa shape index (κ1) is 18.7. The topological polar surface area (TPSA) is 55.6 Å². The van der Waals surface area contributed by atoms with Crippen LogP contribution in [0.2, 0.25) is 0 Å². The van der Waals surface area contributed by atoms with Gasteiger partial charge in [0.15, 0.2) is 0 Å². The number of amides is 1. The van der Waals surface area contributed by atoms with Crippen LogP contribution in [-0.2, 0) is 13.0 Å². The smallest absolute Gasteiger partial charge is 0.253 e. The van der Waals surface area contributed by atoms with Crippen LogP contribution in [0.4, 0.5) is 0 Å². The van der Waals surface area contributed by atoms with Gasteiger partial charge in [0.2, 0.25) is 0 Å². The molecule has 5 heteroatoms. The molecule has 0 aliphatic heterocycles. The lowest BCUT2D eigenvalue weighted by Gasteiger charge is -2.18. The Labute approximate surface area is 169 Å². The van der Waals surface area contributed by atoms with Crippen LogP contribution in [0.3, 0.4) is 0 Å². The molecule has 2 aromatic heterocycles. The number of fused-ring (bicyclic) bond motifs is 1. The number of hydrogen-bond acceptors (Lipinski definition) is 4. The Kier molecular flexibility index (Phi) is 5.29. The van der Waals surface area contributed by atoms with Gasteiger partial charge in [-0.25, -0.2) is 0 Å². The van der Waals surface area contributed by atoms with Crippen molar-refractivity contribution in [3.8, 4) is 11.5 Å². The number of aromatic nitrogens is 1. The van der Waals surface area contributed by atoms with E-state index in [2.05, 4.69) is 11.9 Å². The maximum atomic E-state index is 12.9. The van der Waals surface area contributed by atoms with Gasteiger partial charge in [-0.2, -0.15) is 0 Å². The molecule has 2 aromatic carbocycles. The number of ether oxygens (including phenoxy) is 1. The fourth-order valence-electron chi connectivity index (χ4n) is 3.35. The number of pyridine rings is 1. The first-order chi connectivity index (χ1) is 14.2. The van der Waals surface area contributed by atoms with Gasteiger partial charge in [0.05, 0.1) is 6.20 Å². The van der Waals surface area contributed by atoms with Gasteiger partial charge in [-0.05, 0) is 42.5 Å². The lowest BCUT2D eigenvalue weighted by Crippen LogP contribution is -2.26. The van der Waals surface area contributed by atoms with E-state index in [-0.39, 0.29) is 5.91 Å². The van der Waals surface area contributed by atoms with E-state index in [0.29, 0.717) is 23.6 Å². The van der Waals surface area contributed by atoms with Crippen LogP contribution >= 0.6 is 0 Å². The average molecular weight is 386 g/mol. The average Bonchev–Trinajstić information content (AvgIpc) is 3.12. The molecule has 0 spiro atoms. The van der Waals surface area contributed by atoms with Crippen molar-refractivity contribution in [2.45, 2.75) is 19.9 Å². The van der Waals surface area contributed by atoms with E-state index in [1.54, 1.807) is 41.6 Å². The van der Waals surface area contributed by atoms with E-state index in [1.165, 1.54) is 0 Å². The highest BCUT2D eigenvalue weighted by atomic mass is 16.5. The highest BCUT2D eigenvalue weighted by Gasteiger charge is 2.18. The van der Waals surface area contributed by atoms with Crippen LogP contribution in [0.1, 0.15) is 28.6 Å². The largest absolute Gasteiger partial charge is 0.461 e. The maximum Gasteiger partial charge on any atom is 0.253 e. The molecule has 0 aliphatic carbocycles. The fraction of sp³-hybridized carbons (Fsp3) is 0.167. The molecule has 0 bridgehead atoms. The first-order valence-corrected chi connectivity index (χ1v) is 9.58. The normalized spacial score (nSPS) is 10.8. The number of aryl methyl sites for hydroxylation is 1. The quantitative estimate of drug-likeness (QED) is 0.442. The number of benzene rings is 2. The summed E-state index contributed by atoms with van der Waals surface area (Å²) in [4.78, 5) is 18.7. The Morgan fingerprint density at radius 2 is 1.83 bits per heavy atom. The van der Waals surface area contributed by atoms with E-state index >= 15 is 0 Å². The molecular formula is C24H22N2O3. The molecule has 29 heavy (non-hydrogen) atoms. The van der Waals surface area contributed by atoms with Gasteiger partial charge >= 0.3 is 0 Å². The molecule has 0 saturated heterocycles. The van der Waals surface area contributed by atoms with Gasteiger partial charge in [-0.3, -0.25) is 9.78 Å². The summed E-state index contributed by atoms with van der Waals surface area (Å²) in [7, 11) is 1.81. The molecule has 4 aromatic rings. The van der Waals surface area contributed by atoms with Crippen molar-refractivity contribution in [2.24, 2.45) is 0 Å². The number of para-hydroxylation sites is 1. The van der Waals surface area contributed by atoms with E-state index in [4.69, 9.17) is 9.15 Å². The minimum atomic E-state index is -0.0507. The van der Waals surface area contributed by atoms with Gasteiger partial charge < -0.3 is 14.1 Å². The zero-order valence-corrected chi connectivity index (χ0v) is 16.5. The molecule has 0 fully saturated rings. The molecule has 0 atom stereocenters. The van der Waals surface area contributed by atoms with Crippen LogP contribution in [0.5, 0.6) is 11.5 Å². The minimum absolute atomic E-state index is 0.0507. The predicted octanol–water partition coefficient (Wildman–Crippen LogP) is 5.45. The van der Waals surface area contributed by atoms with E-state index in [9.17, 15) is 4.79 Å². The standard InChI is InChI=1S/C24H22N2O3/c1-3-22-21(20-8-4-5-9-23(20)29-22)16-26(2)24(27)17-10-12-18(13-11-17)28-19-7-6-14-25-15-19/h4-15H,3,16H2,1-2H3. The van der Waals surface area contributed by atoms with Gasteiger partial charge in [-0.1, -0.05) is 25.1 Å². The van der Waals surface area contributed by atoms with Crippen molar-refractivity contribution in [3.63, 3.8) is 0 Å². The molecule has 0 aliphatic rings. The van der Waals surface area contributed by atoms with Crippen LogP contribution in [0.25, 0.3) is 11.0 Å². The third-order valence-electron chi connectivity index (χ3n) is 4.82. The molecule has 0 saturated carbocycles. The van der Waals surface area contributed by atoms with Crippen LogP contribution in [-0.4, -0.2) is 22.8 Å².